The summed E-state index contributed by atoms with van der Waals surface area (Å²) >= 11 is 0. The summed E-state index contributed by atoms with van der Waals surface area (Å²) in [6.07, 6.45) is 0. The van der Waals surface area contributed by atoms with Gasteiger partial charge in [-0.2, -0.15) is 0 Å². The lowest BCUT2D eigenvalue weighted by atomic mass is 10.1. The number of nitrogens with one attached hydrogen (secondary N) is 1. The van der Waals surface area contributed by atoms with Crippen LogP contribution in [0.5, 0.6) is 0 Å². The third-order valence-electron chi connectivity index (χ3n) is 2.60. The summed E-state index contributed by atoms with van der Waals surface area (Å²) < 4.78 is 4.92. The summed E-state index contributed by atoms with van der Waals surface area (Å²) in [5.41, 5.74) is 8.43. The number of amides is 1. The zero-order valence-corrected chi connectivity index (χ0v) is 11.4. The van der Waals surface area contributed by atoms with Crippen molar-refractivity contribution in [2.75, 3.05) is 11.9 Å². The summed E-state index contributed by atoms with van der Waals surface area (Å²) in [5.74, 6) is 5.53. The van der Waals surface area contributed by atoms with Crippen LogP contribution in [-0.2, 0) is 0 Å². The first-order valence-electron chi connectivity index (χ1n) is 6.14. The zero-order valence-electron chi connectivity index (χ0n) is 11.4. The van der Waals surface area contributed by atoms with Gasteiger partial charge in [0.1, 0.15) is 0 Å². The number of benzene rings is 1. The van der Waals surface area contributed by atoms with Crippen molar-refractivity contribution in [3.8, 4) is 11.8 Å². The van der Waals surface area contributed by atoms with E-state index >= 15 is 0 Å². The van der Waals surface area contributed by atoms with Crippen molar-refractivity contribution in [1.82, 2.24) is 5.16 Å². The second-order valence-corrected chi connectivity index (χ2v) is 4.34. The van der Waals surface area contributed by atoms with Gasteiger partial charge < -0.3 is 15.6 Å². The normalized spacial score (nSPS) is 9.75. The van der Waals surface area contributed by atoms with Crippen molar-refractivity contribution in [3.05, 3.63) is 46.8 Å². The van der Waals surface area contributed by atoms with Crippen LogP contribution in [0.3, 0.4) is 0 Å². The topological polar surface area (TPSA) is 81.2 Å². The summed E-state index contributed by atoms with van der Waals surface area (Å²) in [7, 11) is 0. The van der Waals surface area contributed by atoms with Crippen LogP contribution >= 0.6 is 0 Å². The second-order valence-electron chi connectivity index (χ2n) is 4.34. The van der Waals surface area contributed by atoms with E-state index in [0.717, 1.165) is 11.1 Å². The highest BCUT2D eigenvalue weighted by molar-refractivity contribution is 6.03. The van der Waals surface area contributed by atoms with E-state index in [9.17, 15) is 4.79 Å². The highest BCUT2D eigenvalue weighted by atomic mass is 16.5. The number of rotatable bonds is 2. The molecule has 5 heteroatoms. The minimum Gasteiger partial charge on any atom is -0.351 e. The highest BCUT2D eigenvalue weighted by Crippen LogP contribution is 2.17. The van der Waals surface area contributed by atoms with Gasteiger partial charge in [-0.25, -0.2) is 0 Å². The molecule has 1 amide bonds. The minimum absolute atomic E-state index is 0.167. The summed E-state index contributed by atoms with van der Waals surface area (Å²) in [4.78, 5) is 12.0. The maximum absolute atomic E-state index is 12.0. The molecule has 2 aromatic rings. The lowest BCUT2D eigenvalue weighted by Crippen LogP contribution is -2.12. The van der Waals surface area contributed by atoms with Crippen molar-refractivity contribution in [1.29, 1.82) is 0 Å². The average Bonchev–Trinajstić information content (AvgIpc) is 2.85. The van der Waals surface area contributed by atoms with E-state index in [1.54, 1.807) is 19.1 Å². The number of aromatic nitrogens is 1. The van der Waals surface area contributed by atoms with Crippen molar-refractivity contribution in [2.24, 2.45) is 5.73 Å². The van der Waals surface area contributed by atoms with Crippen molar-refractivity contribution in [3.63, 3.8) is 0 Å². The first-order valence-corrected chi connectivity index (χ1v) is 6.14. The van der Waals surface area contributed by atoms with Crippen LogP contribution in [0.4, 0.5) is 5.69 Å². The van der Waals surface area contributed by atoms with Gasteiger partial charge in [0.25, 0.3) is 5.91 Å². The van der Waals surface area contributed by atoms with Gasteiger partial charge in [0.15, 0.2) is 0 Å². The molecule has 0 atom stereocenters. The van der Waals surface area contributed by atoms with E-state index in [1.807, 2.05) is 19.1 Å². The minimum atomic E-state index is -0.356. The van der Waals surface area contributed by atoms with Crippen LogP contribution in [0.1, 0.15) is 27.4 Å². The summed E-state index contributed by atoms with van der Waals surface area (Å²) in [6.45, 7) is 3.98. The first-order chi connectivity index (χ1) is 9.60. The third-order valence-corrected chi connectivity index (χ3v) is 2.60. The predicted octanol–water partition coefficient (Wildman–Crippen LogP) is 1.85. The highest BCUT2D eigenvalue weighted by Gasteiger charge is 2.13. The molecule has 2 rings (SSSR count). The molecule has 5 nitrogen and oxygen atoms in total. The van der Waals surface area contributed by atoms with Gasteiger partial charge in [0.2, 0.25) is 5.76 Å². The Morgan fingerprint density at radius 3 is 2.85 bits per heavy atom. The molecule has 3 N–H and O–H groups in total. The SMILES string of the molecule is Cc1ccc(NC(=O)c2cc(C)no2)c(C#CCN)c1. The van der Waals surface area contributed by atoms with Crippen LogP contribution in [-0.4, -0.2) is 17.6 Å². The van der Waals surface area contributed by atoms with Gasteiger partial charge in [0, 0.05) is 11.6 Å². The molecule has 1 aromatic heterocycles. The fourth-order valence-electron chi connectivity index (χ4n) is 1.67. The fourth-order valence-corrected chi connectivity index (χ4v) is 1.67. The Morgan fingerprint density at radius 2 is 2.20 bits per heavy atom. The second kappa shape index (κ2) is 6.04. The van der Waals surface area contributed by atoms with Gasteiger partial charge in [-0.05, 0) is 31.5 Å². The van der Waals surface area contributed by atoms with E-state index in [2.05, 4.69) is 22.3 Å². The number of aryl methyl sites for hydroxylation is 2. The fraction of sp³-hybridized carbons (Fsp3) is 0.200. The predicted molar refractivity (Wildman–Crippen MR) is 76.3 cm³/mol. The van der Waals surface area contributed by atoms with E-state index in [-0.39, 0.29) is 18.2 Å². The number of anilines is 1. The molecule has 0 bridgehead atoms. The lowest BCUT2D eigenvalue weighted by Gasteiger charge is -2.06. The number of hydrogen-bond donors (Lipinski definition) is 2. The number of nitrogens with zero attached hydrogens (tertiary/aromatic N) is 1. The number of carbonyl (C=O) groups is 1. The molecule has 102 valence electrons. The van der Waals surface area contributed by atoms with E-state index in [1.165, 1.54) is 0 Å². The van der Waals surface area contributed by atoms with Crippen LogP contribution < -0.4 is 11.1 Å². The van der Waals surface area contributed by atoms with Crippen molar-refractivity contribution < 1.29 is 9.32 Å². The summed E-state index contributed by atoms with van der Waals surface area (Å²) in [5, 5.41) is 6.45. The zero-order chi connectivity index (χ0) is 14.5. The monoisotopic (exact) mass is 269 g/mol. The Bertz CT molecular complexity index is 693. The standard InChI is InChI=1S/C15H15N3O2/c1-10-5-6-13(12(8-10)4-3-7-16)17-15(19)14-9-11(2)18-20-14/h5-6,8-9H,7,16H2,1-2H3,(H,17,19). The molecule has 0 fully saturated rings. The first kappa shape index (κ1) is 13.8. The van der Waals surface area contributed by atoms with Crippen molar-refractivity contribution in [2.45, 2.75) is 13.8 Å². The molecular formula is C15H15N3O2. The molecule has 0 saturated carbocycles. The smallest absolute Gasteiger partial charge is 0.294 e. The van der Waals surface area contributed by atoms with Crippen LogP contribution in [0.25, 0.3) is 0 Å². The third kappa shape index (κ3) is 3.25. The maximum atomic E-state index is 12.0. The molecular weight excluding hydrogens is 254 g/mol. The molecule has 0 radical (unpaired) electrons. The Kier molecular flexibility index (Phi) is 4.18. The number of nitrogens with two attached hydrogens (primary N) is 1. The molecule has 0 aliphatic rings. The van der Waals surface area contributed by atoms with E-state index in [0.29, 0.717) is 11.4 Å². The molecule has 0 unspecified atom stereocenters. The molecule has 20 heavy (non-hydrogen) atoms. The van der Waals surface area contributed by atoms with Crippen LogP contribution in [0, 0.1) is 25.7 Å². The lowest BCUT2D eigenvalue weighted by molar-refractivity contribution is 0.0988. The molecule has 0 aliphatic heterocycles. The Hall–Kier alpha value is -2.58. The van der Waals surface area contributed by atoms with Crippen molar-refractivity contribution >= 4 is 11.6 Å². The number of carbonyl (C=O) groups excluding carboxylic acids is 1. The average molecular weight is 269 g/mol. The molecule has 0 aliphatic carbocycles. The Balaban J connectivity index is 2.26. The largest absolute Gasteiger partial charge is 0.351 e. The van der Waals surface area contributed by atoms with Gasteiger partial charge in [0.05, 0.1) is 17.9 Å². The van der Waals surface area contributed by atoms with Gasteiger partial charge in [-0.1, -0.05) is 23.1 Å². The van der Waals surface area contributed by atoms with Gasteiger partial charge >= 0.3 is 0 Å². The maximum Gasteiger partial charge on any atom is 0.294 e. The molecule has 0 spiro atoms. The number of hydrogen-bond acceptors (Lipinski definition) is 4. The van der Waals surface area contributed by atoms with Gasteiger partial charge in [-0.15, -0.1) is 0 Å². The van der Waals surface area contributed by atoms with E-state index < -0.39 is 0 Å². The summed E-state index contributed by atoms with van der Waals surface area (Å²) in [6, 6.07) is 7.17. The van der Waals surface area contributed by atoms with Crippen LogP contribution in [0.15, 0.2) is 28.8 Å². The van der Waals surface area contributed by atoms with Crippen LogP contribution in [0.2, 0.25) is 0 Å². The van der Waals surface area contributed by atoms with E-state index in [4.69, 9.17) is 10.3 Å². The van der Waals surface area contributed by atoms with Gasteiger partial charge in [-0.3, -0.25) is 4.79 Å². The molecule has 0 saturated heterocycles. The Labute approximate surface area is 117 Å². The quantitative estimate of drug-likeness (QED) is 0.815. The Morgan fingerprint density at radius 1 is 1.40 bits per heavy atom. The molecule has 1 aromatic carbocycles. The molecule has 1 heterocycles.